The monoisotopic (exact) mass is 873 g/mol. The van der Waals surface area contributed by atoms with Crippen molar-refractivity contribution in [3.05, 3.63) is 88.5 Å². The minimum Gasteiger partial charge on any atom is -0.507 e. The van der Waals surface area contributed by atoms with Crippen molar-refractivity contribution in [2.75, 3.05) is 50.8 Å². The Hall–Kier alpha value is -6.16. The summed E-state index contributed by atoms with van der Waals surface area (Å²) in [6.07, 6.45) is 7.41. The number of nitrogens with one attached hydrogen (secondary N) is 1. The van der Waals surface area contributed by atoms with Crippen LogP contribution in [0.4, 0.5) is 14.5 Å². The summed E-state index contributed by atoms with van der Waals surface area (Å²) in [5.41, 5.74) is 6.10. The van der Waals surface area contributed by atoms with Gasteiger partial charge in [0.25, 0.3) is 0 Å². The number of benzene rings is 2. The molecule has 8 heterocycles. The Morgan fingerprint density at radius 1 is 1.00 bits per heavy atom. The fourth-order valence-corrected chi connectivity index (χ4v) is 10.4. The number of aliphatic hydroxyl groups excluding tert-OH is 1. The Balaban J connectivity index is 0.769. The summed E-state index contributed by atoms with van der Waals surface area (Å²) < 4.78 is 40.5. The molecule has 5 aliphatic rings. The number of hydrogen-bond acceptors (Lipinski definition) is 10. The van der Waals surface area contributed by atoms with Crippen LogP contribution in [0.3, 0.4) is 0 Å². The lowest BCUT2D eigenvalue weighted by Gasteiger charge is -2.55. The highest BCUT2D eigenvalue weighted by molar-refractivity contribution is 6.01. The highest BCUT2D eigenvalue weighted by Crippen LogP contribution is 2.43. The fourth-order valence-electron chi connectivity index (χ4n) is 10.4. The van der Waals surface area contributed by atoms with Gasteiger partial charge in [-0.25, -0.2) is 18.4 Å². The SMILES string of the molecule is Cc1cc2cc(n1)-c1cnn(C)c1OCCC[C@@H](C)Cn1c(nc3ccc(CN4CCC5(CC4)CN(C(=O)C4CN(c6cc(F)c([C@H]7CCC(=O)NC7=O)c(F)c6)C4)C5)cc31)/C=C/2O. The lowest BCUT2D eigenvalue weighted by Crippen LogP contribution is -2.65. The molecule has 3 aromatic heterocycles. The maximum absolute atomic E-state index is 15.2. The number of imide groups is 1. The number of aryl methyl sites for hydroxylation is 2. The van der Waals surface area contributed by atoms with Crippen LogP contribution in [0.25, 0.3) is 34.1 Å². The second-order valence-electron chi connectivity index (χ2n) is 18.8. The van der Waals surface area contributed by atoms with Gasteiger partial charge in [-0.05, 0) is 100.0 Å². The van der Waals surface area contributed by atoms with Crippen molar-refractivity contribution < 1.29 is 33.0 Å². The summed E-state index contributed by atoms with van der Waals surface area (Å²) in [7, 11) is 1.86. The summed E-state index contributed by atoms with van der Waals surface area (Å²) in [6.45, 7) is 10.3. The van der Waals surface area contributed by atoms with Gasteiger partial charge in [0, 0.05) is 86.7 Å². The van der Waals surface area contributed by atoms with Gasteiger partial charge in [-0.15, -0.1) is 0 Å². The molecule has 334 valence electrons. The summed E-state index contributed by atoms with van der Waals surface area (Å²) in [6, 6.07) is 12.6. The molecule has 10 rings (SSSR count). The van der Waals surface area contributed by atoms with Gasteiger partial charge in [-0.3, -0.25) is 29.6 Å². The first kappa shape index (κ1) is 41.8. The topological polar surface area (TPSA) is 151 Å². The fraction of sp³-hybridized carbons (Fsp3) is 0.458. The minimum atomic E-state index is -1.05. The van der Waals surface area contributed by atoms with Crippen molar-refractivity contribution in [1.29, 1.82) is 0 Å². The molecule has 5 aliphatic heterocycles. The standard InChI is InChI=1S/C48H53F2N9O5/c1-28-5-4-14-64-47-35(21-51-55(47)3)39-17-31(15-29(2)52-39)41(60)20-42-53-38-8-6-30(16-40(38)59(42)22-28)23-56-12-10-48(11-13-56)26-58(27-48)46(63)32-24-57(25-32)33-18-36(49)44(37(50)19-33)34-7-9-43(61)54-45(34)62/h6,8,15-21,28,32,34,60H,4-5,7,9-14,22-27H2,1-3H3,(H,54,61,62)/b41-20-/t28-,34-/m1/s1. The smallest absolute Gasteiger partial charge is 0.234 e. The first-order chi connectivity index (χ1) is 30.8. The van der Waals surface area contributed by atoms with Crippen LogP contribution in [0.2, 0.25) is 0 Å². The molecule has 0 saturated carbocycles. The van der Waals surface area contributed by atoms with E-state index in [0.29, 0.717) is 54.3 Å². The maximum atomic E-state index is 15.2. The molecular weight excluding hydrogens is 821 g/mol. The largest absolute Gasteiger partial charge is 0.507 e. The second kappa shape index (κ2) is 16.4. The molecule has 1 spiro atoms. The third-order valence-corrected chi connectivity index (χ3v) is 14.0. The highest BCUT2D eigenvalue weighted by atomic mass is 19.1. The number of halogens is 2. The molecule has 5 aromatic rings. The van der Waals surface area contributed by atoms with Gasteiger partial charge >= 0.3 is 0 Å². The summed E-state index contributed by atoms with van der Waals surface area (Å²) in [5, 5.41) is 18.2. The van der Waals surface area contributed by atoms with E-state index in [-0.39, 0.29) is 41.4 Å². The third kappa shape index (κ3) is 7.90. The van der Waals surface area contributed by atoms with Crippen LogP contribution in [0.1, 0.15) is 79.6 Å². The number of rotatable bonds is 5. The Labute approximate surface area is 369 Å². The summed E-state index contributed by atoms with van der Waals surface area (Å²) in [5.74, 6) is -2.20. The van der Waals surface area contributed by atoms with Gasteiger partial charge in [0.05, 0.1) is 46.9 Å². The second-order valence-corrected chi connectivity index (χ2v) is 18.8. The molecule has 4 fully saturated rings. The number of carbonyl (C=O) groups is 3. The minimum absolute atomic E-state index is 0.0307. The van der Waals surface area contributed by atoms with E-state index in [0.717, 1.165) is 87.2 Å². The van der Waals surface area contributed by atoms with Gasteiger partial charge in [0.2, 0.25) is 23.6 Å². The highest BCUT2D eigenvalue weighted by Gasteiger charge is 2.49. The Morgan fingerprint density at radius 2 is 1.77 bits per heavy atom. The number of hydrogen-bond donors (Lipinski definition) is 2. The van der Waals surface area contributed by atoms with E-state index >= 15 is 8.78 Å². The van der Waals surface area contributed by atoms with Crippen molar-refractivity contribution >= 4 is 46.3 Å². The average Bonchev–Trinajstić information content (AvgIpc) is 3.76. The van der Waals surface area contributed by atoms with Crippen molar-refractivity contribution in [2.24, 2.45) is 24.3 Å². The average molecular weight is 874 g/mol. The molecule has 2 aromatic carbocycles. The molecular formula is C48H53F2N9O5. The Bertz CT molecular complexity index is 2680. The quantitative estimate of drug-likeness (QED) is 0.191. The number of fused-ring (bicyclic) bond motifs is 7. The molecule has 2 N–H and O–H groups in total. The van der Waals surface area contributed by atoms with Crippen molar-refractivity contribution in [3.8, 4) is 17.1 Å². The summed E-state index contributed by atoms with van der Waals surface area (Å²) in [4.78, 5) is 53.3. The van der Waals surface area contributed by atoms with Crippen LogP contribution >= 0.6 is 0 Å². The number of carbonyl (C=O) groups excluding carboxylic acids is 3. The third-order valence-electron chi connectivity index (χ3n) is 14.0. The number of ether oxygens (including phenoxy) is 1. The van der Waals surface area contributed by atoms with Gasteiger partial charge in [-0.2, -0.15) is 5.10 Å². The number of aromatic nitrogens is 5. The number of nitrogens with zero attached hydrogens (tertiary/aromatic N) is 8. The van der Waals surface area contributed by atoms with E-state index in [9.17, 15) is 19.5 Å². The lowest BCUT2D eigenvalue weighted by atomic mass is 9.71. The van der Waals surface area contributed by atoms with Crippen LogP contribution in [-0.4, -0.2) is 103 Å². The number of aliphatic hydroxyl groups is 1. The van der Waals surface area contributed by atoms with Crippen LogP contribution in [0.15, 0.2) is 48.7 Å². The van der Waals surface area contributed by atoms with Gasteiger partial charge in [0.1, 0.15) is 23.2 Å². The van der Waals surface area contributed by atoms with Crippen LogP contribution in [-0.2, 0) is 34.5 Å². The number of pyridine rings is 1. The lowest BCUT2D eigenvalue weighted by molar-refractivity contribution is -0.152. The zero-order valence-electron chi connectivity index (χ0n) is 36.4. The van der Waals surface area contributed by atoms with E-state index in [2.05, 4.69) is 45.0 Å². The van der Waals surface area contributed by atoms with Crippen LogP contribution in [0, 0.1) is 35.8 Å². The van der Waals surface area contributed by atoms with Gasteiger partial charge in [-0.1, -0.05) is 13.0 Å². The number of anilines is 1. The normalized spacial score (nSPS) is 22.6. The molecule has 14 nitrogen and oxygen atoms in total. The van der Waals surface area contributed by atoms with Crippen LogP contribution in [0.5, 0.6) is 5.88 Å². The molecule has 0 aliphatic carbocycles. The molecule has 3 amide bonds. The first-order valence-electron chi connectivity index (χ1n) is 22.4. The molecule has 16 heteroatoms. The van der Waals surface area contributed by atoms with Gasteiger partial charge in [0.15, 0.2) is 0 Å². The predicted molar refractivity (Wildman–Crippen MR) is 236 cm³/mol. The van der Waals surface area contributed by atoms with E-state index in [1.54, 1.807) is 21.9 Å². The maximum Gasteiger partial charge on any atom is 0.234 e. The van der Waals surface area contributed by atoms with Crippen molar-refractivity contribution in [2.45, 2.75) is 71.4 Å². The number of imidazole rings is 1. The van der Waals surface area contributed by atoms with Crippen molar-refractivity contribution in [1.82, 2.24) is 39.4 Å². The number of amides is 3. The number of piperidine rings is 2. The molecule has 4 saturated heterocycles. The Kier molecular flexibility index (Phi) is 10.7. The zero-order chi connectivity index (χ0) is 44.4. The van der Waals surface area contributed by atoms with Crippen molar-refractivity contribution in [3.63, 3.8) is 0 Å². The van der Waals surface area contributed by atoms with E-state index in [1.165, 1.54) is 17.7 Å². The van der Waals surface area contributed by atoms with Crippen LogP contribution < -0.4 is 15.0 Å². The molecule has 2 atom stereocenters. The van der Waals surface area contributed by atoms with E-state index < -0.39 is 29.4 Å². The Morgan fingerprint density at radius 3 is 2.52 bits per heavy atom. The molecule has 0 radical (unpaired) electrons. The number of likely N-dealkylation sites (tertiary alicyclic amines) is 2. The zero-order valence-corrected chi connectivity index (χ0v) is 36.4. The molecule has 0 unspecified atom stereocenters. The first-order valence-corrected chi connectivity index (χ1v) is 22.4. The van der Waals surface area contributed by atoms with Gasteiger partial charge < -0.3 is 24.2 Å². The predicted octanol–water partition coefficient (Wildman–Crippen LogP) is 6.36. The molecule has 2 bridgehead atoms. The summed E-state index contributed by atoms with van der Waals surface area (Å²) >= 11 is 0. The molecule has 64 heavy (non-hydrogen) atoms. The van der Waals surface area contributed by atoms with E-state index in [1.807, 2.05) is 31.0 Å². The van der Waals surface area contributed by atoms with E-state index in [4.69, 9.17) is 14.7 Å².